The first-order chi connectivity index (χ1) is 12.8. The molecule has 0 aliphatic carbocycles. The van der Waals surface area contributed by atoms with Gasteiger partial charge < -0.3 is 9.80 Å². The number of aromatic nitrogens is 6. The van der Waals surface area contributed by atoms with Crippen molar-refractivity contribution in [2.24, 2.45) is 0 Å². The van der Waals surface area contributed by atoms with Crippen molar-refractivity contribution in [3.63, 3.8) is 0 Å². The average Bonchev–Trinajstić information content (AvgIpc) is 3.16. The Morgan fingerprint density at radius 1 is 0.923 bits per heavy atom. The van der Waals surface area contributed by atoms with Crippen LogP contribution in [0.3, 0.4) is 0 Å². The number of hydrogen-bond acceptors (Lipinski definition) is 7. The van der Waals surface area contributed by atoms with Crippen LogP contribution in [0, 0.1) is 5.82 Å². The van der Waals surface area contributed by atoms with Gasteiger partial charge in [0.25, 0.3) is 0 Å². The lowest BCUT2D eigenvalue weighted by molar-refractivity contribution is 0.628. The Hall–Kier alpha value is -3.36. The fraction of sp³-hybridized carbons (Fsp3) is 0.235. The van der Waals surface area contributed by atoms with Crippen molar-refractivity contribution in [2.75, 3.05) is 36.0 Å². The molecule has 0 radical (unpaired) electrons. The van der Waals surface area contributed by atoms with Gasteiger partial charge in [-0.05, 0) is 12.1 Å². The van der Waals surface area contributed by atoms with Crippen LogP contribution >= 0.6 is 0 Å². The Kier molecular flexibility index (Phi) is 3.37. The molecule has 8 nitrogen and oxygen atoms in total. The maximum absolute atomic E-state index is 13.4. The van der Waals surface area contributed by atoms with E-state index in [0.717, 1.165) is 48.8 Å². The average molecular weight is 350 g/mol. The number of rotatable bonds is 2. The van der Waals surface area contributed by atoms with E-state index in [0.29, 0.717) is 5.52 Å². The van der Waals surface area contributed by atoms with E-state index >= 15 is 0 Å². The fourth-order valence-corrected chi connectivity index (χ4v) is 3.37. The second-order valence-electron chi connectivity index (χ2n) is 6.15. The van der Waals surface area contributed by atoms with Gasteiger partial charge in [-0.1, -0.05) is 0 Å². The summed E-state index contributed by atoms with van der Waals surface area (Å²) in [7, 11) is 0. The fourth-order valence-electron chi connectivity index (χ4n) is 3.37. The molecule has 0 atom stereocenters. The van der Waals surface area contributed by atoms with E-state index in [-0.39, 0.29) is 5.82 Å². The molecule has 1 saturated heterocycles. The molecule has 0 bridgehead atoms. The number of anilines is 2. The van der Waals surface area contributed by atoms with Crippen LogP contribution in [0.4, 0.5) is 16.0 Å². The maximum Gasteiger partial charge on any atom is 0.203 e. The lowest BCUT2D eigenvalue weighted by Crippen LogP contribution is -2.47. The van der Waals surface area contributed by atoms with Gasteiger partial charge in [-0.2, -0.15) is 0 Å². The highest BCUT2D eigenvalue weighted by molar-refractivity contribution is 5.89. The summed E-state index contributed by atoms with van der Waals surface area (Å²) in [5, 5.41) is 8.97. The predicted octanol–water partition coefficient (Wildman–Crippen LogP) is 1.53. The third-order valence-electron chi connectivity index (χ3n) is 4.65. The van der Waals surface area contributed by atoms with Crippen molar-refractivity contribution in [3.05, 3.63) is 49.1 Å². The summed E-state index contributed by atoms with van der Waals surface area (Å²) in [6.07, 6.45) is 6.75. The topological polar surface area (TPSA) is 75.3 Å². The molecule has 4 aromatic rings. The molecule has 3 aromatic heterocycles. The summed E-state index contributed by atoms with van der Waals surface area (Å²) in [4.78, 5) is 17.5. The smallest absolute Gasteiger partial charge is 0.203 e. The highest BCUT2D eigenvalue weighted by atomic mass is 19.1. The molecule has 130 valence electrons. The third-order valence-corrected chi connectivity index (χ3v) is 4.65. The number of nitrogens with zero attached hydrogens (tertiary/aromatic N) is 8. The second kappa shape index (κ2) is 5.87. The molecular formula is C17H15FN8. The van der Waals surface area contributed by atoms with Gasteiger partial charge in [0.2, 0.25) is 5.65 Å². The van der Waals surface area contributed by atoms with Crippen molar-refractivity contribution in [1.29, 1.82) is 0 Å². The van der Waals surface area contributed by atoms with Gasteiger partial charge in [0, 0.05) is 50.0 Å². The Morgan fingerprint density at radius 3 is 2.58 bits per heavy atom. The van der Waals surface area contributed by atoms with E-state index in [1.807, 2.05) is 10.6 Å². The van der Waals surface area contributed by atoms with E-state index in [1.165, 1.54) is 18.5 Å². The minimum Gasteiger partial charge on any atom is -0.352 e. The first kappa shape index (κ1) is 14.9. The molecule has 1 aliphatic rings. The van der Waals surface area contributed by atoms with Crippen LogP contribution in [-0.2, 0) is 0 Å². The van der Waals surface area contributed by atoms with E-state index < -0.39 is 0 Å². The highest BCUT2D eigenvalue weighted by Crippen LogP contribution is 2.26. The van der Waals surface area contributed by atoms with E-state index in [4.69, 9.17) is 0 Å². The van der Waals surface area contributed by atoms with Crippen LogP contribution in [0.15, 0.2) is 43.2 Å². The summed E-state index contributed by atoms with van der Waals surface area (Å²) < 4.78 is 15.3. The highest BCUT2D eigenvalue weighted by Gasteiger charge is 2.22. The van der Waals surface area contributed by atoms with Gasteiger partial charge in [-0.3, -0.25) is 4.40 Å². The minimum atomic E-state index is -0.292. The molecule has 1 aromatic carbocycles. The lowest BCUT2D eigenvalue weighted by atomic mass is 10.2. The first-order valence-electron chi connectivity index (χ1n) is 8.34. The quantitative estimate of drug-likeness (QED) is 0.543. The zero-order valence-electron chi connectivity index (χ0n) is 13.8. The lowest BCUT2D eigenvalue weighted by Gasteiger charge is -2.36. The van der Waals surface area contributed by atoms with Crippen LogP contribution in [0.2, 0.25) is 0 Å². The van der Waals surface area contributed by atoms with Crippen molar-refractivity contribution in [1.82, 2.24) is 29.5 Å². The number of fused-ring (bicyclic) bond motifs is 2. The van der Waals surface area contributed by atoms with Gasteiger partial charge in [0.05, 0.1) is 5.52 Å². The van der Waals surface area contributed by atoms with Crippen LogP contribution < -0.4 is 9.80 Å². The minimum absolute atomic E-state index is 0.292. The molecule has 26 heavy (non-hydrogen) atoms. The number of hydrogen-bond donors (Lipinski definition) is 0. The van der Waals surface area contributed by atoms with Crippen molar-refractivity contribution < 1.29 is 4.39 Å². The molecule has 0 unspecified atom stereocenters. The van der Waals surface area contributed by atoms with Crippen LogP contribution in [0.25, 0.3) is 16.6 Å². The predicted molar refractivity (Wildman–Crippen MR) is 94.7 cm³/mol. The molecule has 1 fully saturated rings. The zero-order chi connectivity index (χ0) is 17.5. The monoisotopic (exact) mass is 350 g/mol. The summed E-state index contributed by atoms with van der Waals surface area (Å²) in [6.45, 7) is 3.12. The molecule has 0 N–H and O–H groups in total. The van der Waals surface area contributed by atoms with Gasteiger partial charge >= 0.3 is 0 Å². The van der Waals surface area contributed by atoms with Crippen LogP contribution in [-0.4, -0.2) is 55.7 Å². The van der Waals surface area contributed by atoms with E-state index in [2.05, 4.69) is 34.9 Å². The summed E-state index contributed by atoms with van der Waals surface area (Å²) in [5.41, 5.74) is 1.37. The molecule has 0 saturated carbocycles. The Bertz CT molecular complexity index is 1090. The number of piperazine rings is 1. The largest absolute Gasteiger partial charge is 0.352 e. The molecule has 0 spiro atoms. The standard InChI is InChI=1S/C17H15FN8/c18-12-1-2-13-14(9-12)20-10-21-15(13)24-5-7-25(8-6-24)16-17-23-22-11-26(17)4-3-19-16/h1-4,9-11H,5-8H2. The molecular weight excluding hydrogens is 335 g/mol. The van der Waals surface area contributed by atoms with Crippen LogP contribution in [0.5, 0.6) is 0 Å². The molecule has 0 amide bonds. The molecule has 9 heteroatoms. The van der Waals surface area contributed by atoms with E-state index in [9.17, 15) is 4.39 Å². The van der Waals surface area contributed by atoms with E-state index in [1.54, 1.807) is 18.6 Å². The Labute approximate surface area is 147 Å². The maximum atomic E-state index is 13.4. The van der Waals surface area contributed by atoms with Gasteiger partial charge in [0.15, 0.2) is 5.82 Å². The Balaban J connectivity index is 1.42. The van der Waals surface area contributed by atoms with Crippen LogP contribution in [0.1, 0.15) is 0 Å². The normalized spacial score (nSPS) is 15.1. The number of benzene rings is 1. The van der Waals surface area contributed by atoms with Crippen molar-refractivity contribution >= 4 is 28.2 Å². The van der Waals surface area contributed by atoms with Gasteiger partial charge in [-0.15, -0.1) is 10.2 Å². The first-order valence-corrected chi connectivity index (χ1v) is 8.34. The second-order valence-corrected chi connectivity index (χ2v) is 6.15. The SMILES string of the molecule is Fc1ccc2c(N3CCN(c4nccn5cnnc45)CC3)ncnc2c1. The van der Waals surface area contributed by atoms with Crippen molar-refractivity contribution in [3.8, 4) is 0 Å². The summed E-state index contributed by atoms with van der Waals surface area (Å²) >= 11 is 0. The third kappa shape index (κ3) is 2.40. The summed E-state index contributed by atoms with van der Waals surface area (Å²) in [5.74, 6) is 1.38. The molecule has 4 heterocycles. The Morgan fingerprint density at radius 2 is 1.73 bits per heavy atom. The number of halogens is 1. The summed E-state index contributed by atoms with van der Waals surface area (Å²) in [6, 6.07) is 4.62. The van der Waals surface area contributed by atoms with Gasteiger partial charge in [0.1, 0.15) is 24.3 Å². The van der Waals surface area contributed by atoms with Gasteiger partial charge in [-0.25, -0.2) is 19.3 Å². The van der Waals surface area contributed by atoms with Crippen molar-refractivity contribution in [2.45, 2.75) is 0 Å². The zero-order valence-corrected chi connectivity index (χ0v) is 13.8. The molecule has 5 rings (SSSR count). The molecule has 1 aliphatic heterocycles.